The van der Waals surface area contributed by atoms with Gasteiger partial charge in [0.15, 0.2) is 0 Å². The number of fused-ring (bicyclic) bond motifs is 2. The second kappa shape index (κ2) is 4.53. The van der Waals surface area contributed by atoms with Gasteiger partial charge in [-0.15, -0.1) is 0 Å². The smallest absolute Gasteiger partial charge is 0.0875 e. The molecule has 0 saturated carbocycles. The van der Waals surface area contributed by atoms with Crippen molar-refractivity contribution in [1.29, 1.82) is 0 Å². The molecule has 2 radical (unpaired) electrons. The fourth-order valence-electron chi connectivity index (χ4n) is 2.39. The third kappa shape index (κ3) is 1.92. The van der Waals surface area contributed by atoms with Crippen molar-refractivity contribution < 1.29 is 0 Å². The molecule has 0 aliphatic carbocycles. The van der Waals surface area contributed by atoms with Crippen molar-refractivity contribution in [2.45, 2.75) is 13.6 Å². The maximum absolute atomic E-state index is 2.27. The quantitative estimate of drug-likeness (QED) is 0.467. The normalized spacial score (nSPS) is 10.8. The van der Waals surface area contributed by atoms with Gasteiger partial charge in [-0.05, 0) is 33.7 Å². The lowest BCUT2D eigenvalue weighted by molar-refractivity contribution is 1.81. The molecule has 0 heterocycles. The first-order valence-electron chi connectivity index (χ1n) is 6.36. The highest BCUT2D eigenvalue weighted by Gasteiger charge is 2.00. The van der Waals surface area contributed by atoms with Crippen LogP contribution in [-0.2, 0) is 0 Å². The fraction of sp³-hybridized carbons (Fsp3) is 0.125. The molecule has 3 rings (SSSR count). The molecule has 18 heavy (non-hydrogen) atoms. The minimum absolute atomic E-state index is 1.28. The van der Waals surface area contributed by atoms with Crippen molar-refractivity contribution in [2.75, 3.05) is 0 Å². The minimum atomic E-state index is 1.28. The summed E-state index contributed by atoms with van der Waals surface area (Å²) in [6.45, 7) is 4.15. The molecule has 0 amide bonds. The van der Waals surface area contributed by atoms with Crippen molar-refractivity contribution in [3.63, 3.8) is 0 Å². The predicted molar refractivity (Wildman–Crippen MR) is 84.0 cm³/mol. The highest BCUT2D eigenvalue weighted by molar-refractivity contribution is 6.52. The molecular formula is C16H14B2. The van der Waals surface area contributed by atoms with E-state index in [9.17, 15) is 0 Å². The van der Waals surface area contributed by atoms with Gasteiger partial charge < -0.3 is 0 Å². The molecule has 84 valence electrons. The van der Waals surface area contributed by atoms with Crippen molar-refractivity contribution in [3.05, 3.63) is 48.5 Å². The topological polar surface area (TPSA) is 0 Å². The molecule has 0 aromatic heterocycles. The van der Waals surface area contributed by atoms with E-state index in [0.717, 1.165) is 0 Å². The highest BCUT2D eigenvalue weighted by Crippen LogP contribution is 2.21. The van der Waals surface area contributed by atoms with Crippen LogP contribution < -0.4 is 10.9 Å². The standard InChI is InChI=1S/C16H14B2/c1-17-15-5-3-11-8-14-10-16(18-2)6-4-12(14)7-13(11)9-15/h3-10H,1-2H3. The predicted octanol–water partition coefficient (Wildman–Crippen LogP) is 2.75. The second-order valence-electron chi connectivity index (χ2n) is 4.64. The van der Waals surface area contributed by atoms with E-state index in [1.165, 1.54) is 32.5 Å². The molecule has 0 atom stereocenters. The summed E-state index contributed by atoms with van der Waals surface area (Å²) in [5.74, 6) is 0. The first-order valence-corrected chi connectivity index (χ1v) is 6.36. The Morgan fingerprint density at radius 3 is 1.39 bits per heavy atom. The average Bonchev–Trinajstić information content (AvgIpc) is 2.43. The summed E-state index contributed by atoms with van der Waals surface area (Å²) in [6, 6.07) is 17.8. The van der Waals surface area contributed by atoms with E-state index in [4.69, 9.17) is 0 Å². The van der Waals surface area contributed by atoms with Crippen LogP contribution in [0.1, 0.15) is 0 Å². The van der Waals surface area contributed by atoms with E-state index in [1.807, 2.05) is 0 Å². The van der Waals surface area contributed by atoms with Crippen molar-refractivity contribution in [1.82, 2.24) is 0 Å². The lowest BCUT2D eigenvalue weighted by Gasteiger charge is -2.06. The van der Waals surface area contributed by atoms with Crippen molar-refractivity contribution in [3.8, 4) is 0 Å². The van der Waals surface area contributed by atoms with Crippen LogP contribution in [-0.4, -0.2) is 14.6 Å². The summed E-state index contributed by atoms with van der Waals surface area (Å²) >= 11 is 0. The van der Waals surface area contributed by atoms with Crippen LogP contribution in [0.4, 0.5) is 0 Å². The Morgan fingerprint density at radius 2 is 1.00 bits per heavy atom. The van der Waals surface area contributed by atoms with Gasteiger partial charge in [-0.1, -0.05) is 61.0 Å². The number of rotatable bonds is 2. The molecule has 0 aliphatic rings. The summed E-state index contributed by atoms with van der Waals surface area (Å²) in [7, 11) is 4.28. The van der Waals surface area contributed by atoms with Crippen molar-refractivity contribution in [2.24, 2.45) is 0 Å². The lowest BCUT2D eigenvalue weighted by Crippen LogP contribution is -2.10. The molecule has 0 unspecified atom stereocenters. The van der Waals surface area contributed by atoms with Gasteiger partial charge in [0.1, 0.15) is 14.6 Å². The summed E-state index contributed by atoms with van der Waals surface area (Å²) in [6.07, 6.45) is 0. The zero-order valence-electron chi connectivity index (χ0n) is 10.8. The van der Waals surface area contributed by atoms with Crippen LogP contribution in [0.2, 0.25) is 13.6 Å². The van der Waals surface area contributed by atoms with Crippen LogP contribution in [0.3, 0.4) is 0 Å². The van der Waals surface area contributed by atoms with Gasteiger partial charge in [0, 0.05) is 0 Å². The Labute approximate surface area is 109 Å². The molecule has 0 nitrogen and oxygen atoms in total. The molecule has 0 bridgehead atoms. The fourth-order valence-corrected chi connectivity index (χ4v) is 2.39. The van der Waals surface area contributed by atoms with E-state index >= 15 is 0 Å². The molecular weight excluding hydrogens is 214 g/mol. The maximum Gasteiger partial charge on any atom is 0.148 e. The first kappa shape index (κ1) is 11.4. The monoisotopic (exact) mass is 228 g/mol. The zero-order chi connectivity index (χ0) is 12.5. The van der Waals surface area contributed by atoms with Gasteiger partial charge in [-0.25, -0.2) is 0 Å². The third-order valence-corrected chi connectivity index (χ3v) is 3.51. The zero-order valence-corrected chi connectivity index (χ0v) is 10.8. The molecule has 3 aromatic carbocycles. The molecule has 3 aromatic rings. The Hall–Kier alpha value is -1.69. The third-order valence-electron chi connectivity index (χ3n) is 3.51. The van der Waals surface area contributed by atoms with Crippen molar-refractivity contribution >= 4 is 47.0 Å². The largest absolute Gasteiger partial charge is 0.148 e. The summed E-state index contributed by atoms with van der Waals surface area (Å²) in [5, 5.41) is 5.24. The van der Waals surface area contributed by atoms with Gasteiger partial charge in [-0.3, -0.25) is 0 Å². The van der Waals surface area contributed by atoms with Gasteiger partial charge in [-0.2, -0.15) is 0 Å². The molecule has 0 aliphatic heterocycles. The summed E-state index contributed by atoms with van der Waals surface area (Å²) in [4.78, 5) is 0. The highest BCUT2D eigenvalue weighted by atomic mass is 14.0. The molecule has 0 saturated heterocycles. The molecule has 0 N–H and O–H groups in total. The number of benzene rings is 3. The Balaban J connectivity index is 2.28. The minimum Gasteiger partial charge on any atom is -0.0875 e. The Kier molecular flexibility index (Phi) is 2.87. The van der Waals surface area contributed by atoms with E-state index in [2.05, 4.69) is 76.7 Å². The maximum atomic E-state index is 2.27. The van der Waals surface area contributed by atoms with Crippen LogP contribution in [0.25, 0.3) is 21.5 Å². The van der Waals surface area contributed by atoms with Crippen LogP contribution in [0, 0.1) is 0 Å². The number of hydrogen-bond acceptors (Lipinski definition) is 0. The summed E-state index contributed by atoms with van der Waals surface area (Å²) < 4.78 is 0. The molecule has 2 heteroatoms. The summed E-state index contributed by atoms with van der Waals surface area (Å²) in [5.41, 5.74) is 2.56. The van der Waals surface area contributed by atoms with Gasteiger partial charge in [0.25, 0.3) is 0 Å². The molecule has 0 fully saturated rings. The van der Waals surface area contributed by atoms with Crippen LogP contribution >= 0.6 is 0 Å². The average molecular weight is 228 g/mol. The SMILES string of the molecule is C[B]c1ccc2cc3cc([B]C)ccc3cc2c1. The lowest BCUT2D eigenvalue weighted by atomic mass is 9.72. The van der Waals surface area contributed by atoms with Crippen LogP contribution in [0.15, 0.2) is 48.5 Å². The van der Waals surface area contributed by atoms with E-state index < -0.39 is 0 Å². The first-order chi connectivity index (χ1) is 8.80. The molecule has 0 spiro atoms. The van der Waals surface area contributed by atoms with Gasteiger partial charge in [0.2, 0.25) is 0 Å². The van der Waals surface area contributed by atoms with Crippen LogP contribution in [0.5, 0.6) is 0 Å². The Bertz CT molecular complexity index is 653. The van der Waals surface area contributed by atoms with E-state index in [1.54, 1.807) is 0 Å². The van der Waals surface area contributed by atoms with E-state index in [0.29, 0.717) is 0 Å². The van der Waals surface area contributed by atoms with Gasteiger partial charge >= 0.3 is 0 Å². The second-order valence-corrected chi connectivity index (χ2v) is 4.64. The number of hydrogen-bond donors (Lipinski definition) is 0. The van der Waals surface area contributed by atoms with Gasteiger partial charge in [0.05, 0.1) is 0 Å². The Morgan fingerprint density at radius 1 is 0.556 bits per heavy atom. The van der Waals surface area contributed by atoms with E-state index in [-0.39, 0.29) is 0 Å².